The molecule has 0 aliphatic rings. The molecule has 1 rings (SSSR count). The summed E-state index contributed by atoms with van der Waals surface area (Å²) in [4.78, 5) is 21.5. The van der Waals surface area contributed by atoms with Crippen molar-refractivity contribution in [1.29, 1.82) is 5.26 Å². The van der Waals surface area contributed by atoms with Crippen molar-refractivity contribution in [3.63, 3.8) is 0 Å². The fraction of sp³-hybridized carbons (Fsp3) is 0.273. The van der Waals surface area contributed by atoms with Crippen LogP contribution in [0.15, 0.2) is 18.2 Å². The van der Waals surface area contributed by atoms with Crippen molar-refractivity contribution in [2.24, 2.45) is 0 Å². The molecule has 0 bridgehead atoms. The Morgan fingerprint density at radius 1 is 1.67 bits per heavy atom. The molecule has 1 aromatic carbocycles. The van der Waals surface area contributed by atoms with Gasteiger partial charge in [0, 0.05) is 12.1 Å². The maximum absolute atomic E-state index is 11.7. The number of benzene rings is 1. The molecule has 0 heterocycles. The summed E-state index contributed by atoms with van der Waals surface area (Å²) in [7, 11) is 0. The molecular formula is C11H11N3O4. The number of carbonyl (C=O) groups excluding carboxylic acids is 1. The van der Waals surface area contributed by atoms with Crippen molar-refractivity contribution >= 4 is 11.6 Å². The second kappa shape index (κ2) is 5.63. The summed E-state index contributed by atoms with van der Waals surface area (Å²) in [6.45, 7) is 1.64. The topological polar surface area (TPSA) is 116 Å². The Kier molecular flexibility index (Phi) is 4.21. The molecular weight excluding hydrogens is 238 g/mol. The quantitative estimate of drug-likeness (QED) is 0.616. The van der Waals surface area contributed by atoms with Crippen LogP contribution in [0.4, 0.5) is 5.69 Å². The van der Waals surface area contributed by atoms with Crippen molar-refractivity contribution in [3.05, 3.63) is 33.9 Å². The molecule has 2 N–H and O–H groups in total. The average Bonchev–Trinajstić information content (AvgIpc) is 2.28. The van der Waals surface area contributed by atoms with Gasteiger partial charge < -0.3 is 10.4 Å². The van der Waals surface area contributed by atoms with Crippen LogP contribution in [0.2, 0.25) is 0 Å². The van der Waals surface area contributed by atoms with Crippen LogP contribution in [0, 0.1) is 21.4 Å². The van der Waals surface area contributed by atoms with E-state index in [2.05, 4.69) is 5.32 Å². The van der Waals surface area contributed by atoms with Gasteiger partial charge in [0.2, 0.25) is 0 Å². The average molecular weight is 249 g/mol. The molecule has 0 fully saturated rings. The number of phenolic OH excluding ortho intramolecular Hbond substituents is 1. The van der Waals surface area contributed by atoms with E-state index in [0.717, 1.165) is 12.1 Å². The van der Waals surface area contributed by atoms with Crippen molar-refractivity contribution in [2.45, 2.75) is 19.4 Å². The highest BCUT2D eigenvalue weighted by atomic mass is 16.6. The second-order valence-corrected chi connectivity index (χ2v) is 3.70. The molecule has 0 unspecified atom stereocenters. The van der Waals surface area contributed by atoms with E-state index >= 15 is 0 Å². The van der Waals surface area contributed by atoms with E-state index in [9.17, 15) is 20.0 Å². The van der Waals surface area contributed by atoms with E-state index in [1.807, 2.05) is 6.07 Å². The van der Waals surface area contributed by atoms with Gasteiger partial charge in [0.05, 0.1) is 29.0 Å². The third-order valence-electron chi connectivity index (χ3n) is 2.21. The lowest BCUT2D eigenvalue weighted by atomic mass is 10.1. The molecule has 94 valence electrons. The number of nitriles is 1. The molecule has 0 radical (unpaired) electrons. The smallest absolute Gasteiger partial charge is 0.273 e. The van der Waals surface area contributed by atoms with Crippen molar-refractivity contribution in [2.75, 3.05) is 0 Å². The van der Waals surface area contributed by atoms with E-state index in [-0.39, 0.29) is 23.7 Å². The molecule has 0 aliphatic heterocycles. The predicted molar refractivity (Wildman–Crippen MR) is 61.9 cm³/mol. The van der Waals surface area contributed by atoms with Crippen LogP contribution in [0.25, 0.3) is 0 Å². The summed E-state index contributed by atoms with van der Waals surface area (Å²) >= 11 is 0. The number of hydrogen-bond donors (Lipinski definition) is 2. The van der Waals surface area contributed by atoms with E-state index in [0.29, 0.717) is 0 Å². The first-order valence-electron chi connectivity index (χ1n) is 5.11. The third-order valence-corrected chi connectivity index (χ3v) is 2.21. The molecule has 1 atom stereocenters. The predicted octanol–water partition coefficient (Wildman–Crippen LogP) is 1.33. The van der Waals surface area contributed by atoms with Crippen LogP contribution < -0.4 is 5.32 Å². The van der Waals surface area contributed by atoms with Crippen molar-refractivity contribution < 1.29 is 14.8 Å². The number of amides is 1. The zero-order chi connectivity index (χ0) is 13.7. The van der Waals surface area contributed by atoms with Gasteiger partial charge in [-0.15, -0.1) is 0 Å². The SMILES string of the molecule is C[C@H](CC#N)NC(=O)c1ccc([N+](=O)[O-])cc1O. The summed E-state index contributed by atoms with van der Waals surface area (Å²) in [5, 5.41) is 30.9. The number of nitrogens with one attached hydrogen (secondary N) is 1. The maximum atomic E-state index is 11.7. The fourth-order valence-electron chi connectivity index (χ4n) is 1.32. The summed E-state index contributed by atoms with van der Waals surface area (Å²) in [5.74, 6) is -1.05. The van der Waals surface area contributed by atoms with Gasteiger partial charge in [0.1, 0.15) is 5.75 Å². The molecule has 7 heteroatoms. The molecule has 1 amide bonds. The van der Waals surface area contributed by atoms with Gasteiger partial charge in [-0.25, -0.2) is 0 Å². The summed E-state index contributed by atoms with van der Waals surface area (Å²) in [6.07, 6.45) is 0.138. The highest BCUT2D eigenvalue weighted by Crippen LogP contribution is 2.23. The Bertz CT molecular complexity index is 522. The maximum Gasteiger partial charge on any atom is 0.273 e. The summed E-state index contributed by atoms with van der Waals surface area (Å²) < 4.78 is 0. The lowest BCUT2D eigenvalue weighted by molar-refractivity contribution is -0.384. The first kappa shape index (κ1) is 13.4. The zero-order valence-electron chi connectivity index (χ0n) is 9.58. The zero-order valence-corrected chi connectivity index (χ0v) is 9.58. The first-order chi connectivity index (χ1) is 8.45. The van der Waals surface area contributed by atoms with E-state index in [4.69, 9.17) is 5.26 Å². The highest BCUT2D eigenvalue weighted by Gasteiger charge is 2.16. The Labute approximate surface area is 103 Å². The van der Waals surface area contributed by atoms with Gasteiger partial charge in [0.25, 0.3) is 11.6 Å². The number of nitrogens with zero attached hydrogens (tertiary/aromatic N) is 2. The van der Waals surface area contributed by atoms with Gasteiger partial charge in [0.15, 0.2) is 0 Å². The summed E-state index contributed by atoms with van der Waals surface area (Å²) in [5.41, 5.74) is -0.362. The number of phenols is 1. The summed E-state index contributed by atoms with van der Waals surface area (Å²) in [6, 6.07) is 4.74. The highest BCUT2D eigenvalue weighted by molar-refractivity contribution is 5.97. The molecule has 1 aromatic rings. The second-order valence-electron chi connectivity index (χ2n) is 3.70. The van der Waals surface area contributed by atoms with E-state index in [1.54, 1.807) is 6.92 Å². The van der Waals surface area contributed by atoms with Crippen LogP contribution >= 0.6 is 0 Å². The minimum atomic E-state index is -0.667. The number of nitro benzene ring substituents is 1. The normalized spacial score (nSPS) is 11.3. The molecule has 0 spiro atoms. The van der Waals surface area contributed by atoms with Gasteiger partial charge >= 0.3 is 0 Å². The van der Waals surface area contributed by atoms with Crippen molar-refractivity contribution in [1.82, 2.24) is 5.32 Å². The van der Waals surface area contributed by atoms with E-state index in [1.165, 1.54) is 6.07 Å². The Hall–Kier alpha value is -2.62. The molecule has 0 aromatic heterocycles. The van der Waals surface area contributed by atoms with Crippen molar-refractivity contribution in [3.8, 4) is 11.8 Å². The Morgan fingerprint density at radius 3 is 2.83 bits per heavy atom. The van der Waals surface area contributed by atoms with Crippen LogP contribution in [0.5, 0.6) is 5.75 Å². The number of aromatic hydroxyl groups is 1. The van der Waals surface area contributed by atoms with Gasteiger partial charge in [-0.3, -0.25) is 14.9 Å². The molecule has 0 saturated carbocycles. The number of non-ortho nitro benzene ring substituents is 1. The molecule has 7 nitrogen and oxygen atoms in total. The third kappa shape index (κ3) is 3.18. The lowest BCUT2D eigenvalue weighted by Crippen LogP contribution is -2.32. The van der Waals surface area contributed by atoms with Crippen LogP contribution in [0.3, 0.4) is 0 Å². The fourth-order valence-corrected chi connectivity index (χ4v) is 1.32. The molecule has 0 aliphatic carbocycles. The number of hydrogen-bond acceptors (Lipinski definition) is 5. The Morgan fingerprint density at radius 2 is 2.33 bits per heavy atom. The monoisotopic (exact) mass is 249 g/mol. The van der Waals surface area contributed by atoms with Crippen LogP contribution in [0.1, 0.15) is 23.7 Å². The largest absolute Gasteiger partial charge is 0.507 e. The van der Waals surface area contributed by atoms with Gasteiger partial charge in [-0.1, -0.05) is 0 Å². The Balaban J connectivity index is 2.88. The minimum absolute atomic E-state index is 0.0645. The molecule has 18 heavy (non-hydrogen) atoms. The van der Waals surface area contributed by atoms with Gasteiger partial charge in [-0.05, 0) is 13.0 Å². The van der Waals surface area contributed by atoms with E-state index < -0.39 is 16.6 Å². The lowest BCUT2D eigenvalue weighted by Gasteiger charge is -2.10. The number of rotatable bonds is 4. The standard InChI is InChI=1S/C11H11N3O4/c1-7(4-5-12)13-11(16)9-3-2-8(14(17)18)6-10(9)15/h2-3,6-7,15H,4H2,1H3,(H,13,16)/t7-/m1/s1. The van der Waals surface area contributed by atoms with Gasteiger partial charge in [-0.2, -0.15) is 5.26 Å². The first-order valence-corrected chi connectivity index (χ1v) is 5.11. The minimum Gasteiger partial charge on any atom is -0.507 e. The number of carbonyl (C=O) groups is 1. The molecule has 0 saturated heterocycles. The van der Waals surface area contributed by atoms with Crippen LogP contribution in [-0.4, -0.2) is 22.0 Å². The van der Waals surface area contributed by atoms with Crippen LogP contribution in [-0.2, 0) is 0 Å². The number of nitro groups is 1.